The molecule has 5 heteroatoms. The van der Waals surface area contributed by atoms with Gasteiger partial charge >= 0.3 is 5.97 Å². The largest absolute Gasteiger partial charge is 0.452 e. The molecular formula is C19H20ClNO3. The van der Waals surface area contributed by atoms with Gasteiger partial charge in [0.25, 0.3) is 5.91 Å². The fourth-order valence-electron chi connectivity index (χ4n) is 2.44. The second-order valence-corrected chi connectivity index (χ2v) is 6.11. The molecule has 0 aliphatic heterocycles. The Hall–Kier alpha value is -2.33. The zero-order valence-corrected chi connectivity index (χ0v) is 14.7. The van der Waals surface area contributed by atoms with Crippen LogP contribution < -0.4 is 5.32 Å². The van der Waals surface area contributed by atoms with E-state index in [-0.39, 0.29) is 18.6 Å². The van der Waals surface area contributed by atoms with Gasteiger partial charge in [-0.3, -0.25) is 4.79 Å². The Morgan fingerprint density at radius 3 is 2.54 bits per heavy atom. The number of nitrogens with one attached hydrogen (secondary N) is 1. The minimum absolute atomic E-state index is 0.272. The van der Waals surface area contributed by atoms with Crippen molar-refractivity contribution in [3.05, 3.63) is 69.7 Å². The van der Waals surface area contributed by atoms with Gasteiger partial charge < -0.3 is 10.1 Å². The number of ether oxygens (including phenoxy) is 1. The van der Waals surface area contributed by atoms with E-state index in [0.29, 0.717) is 10.6 Å². The van der Waals surface area contributed by atoms with Crippen LogP contribution >= 0.6 is 11.6 Å². The van der Waals surface area contributed by atoms with Gasteiger partial charge in [-0.15, -0.1) is 0 Å². The Labute approximate surface area is 146 Å². The maximum absolute atomic E-state index is 12.1. The van der Waals surface area contributed by atoms with Crippen LogP contribution in [0.3, 0.4) is 0 Å². The molecule has 0 saturated heterocycles. The summed E-state index contributed by atoms with van der Waals surface area (Å²) in [4.78, 5) is 24.0. The van der Waals surface area contributed by atoms with E-state index < -0.39 is 5.97 Å². The molecule has 2 rings (SSSR count). The summed E-state index contributed by atoms with van der Waals surface area (Å²) < 4.78 is 5.09. The number of esters is 1. The third-order valence-electron chi connectivity index (χ3n) is 3.69. The summed E-state index contributed by atoms with van der Waals surface area (Å²) in [5.41, 5.74) is 3.17. The number of carbonyl (C=O) groups excluding carboxylic acids is 2. The van der Waals surface area contributed by atoms with Gasteiger partial charge in [0.2, 0.25) is 0 Å². The molecule has 1 atom stereocenters. The highest BCUT2D eigenvalue weighted by Crippen LogP contribution is 2.22. The number of aryl methyl sites for hydroxylation is 2. The average molecular weight is 346 g/mol. The summed E-state index contributed by atoms with van der Waals surface area (Å²) in [6, 6.07) is 12.5. The first-order valence-electron chi connectivity index (χ1n) is 7.66. The molecule has 0 fully saturated rings. The molecule has 1 amide bonds. The first-order chi connectivity index (χ1) is 11.4. The third-order valence-corrected chi connectivity index (χ3v) is 4.03. The molecule has 0 aliphatic carbocycles. The summed E-state index contributed by atoms with van der Waals surface area (Å²) in [7, 11) is 0. The lowest BCUT2D eigenvalue weighted by molar-refractivity contribution is -0.124. The lowest BCUT2D eigenvalue weighted by atomic mass is 10.1. The average Bonchev–Trinajstić information content (AvgIpc) is 2.53. The van der Waals surface area contributed by atoms with Crippen LogP contribution in [0.25, 0.3) is 0 Å². The van der Waals surface area contributed by atoms with Crippen molar-refractivity contribution in [1.82, 2.24) is 5.32 Å². The number of amides is 1. The molecule has 0 spiro atoms. The van der Waals surface area contributed by atoms with E-state index in [1.54, 1.807) is 12.1 Å². The first kappa shape index (κ1) is 18.0. The smallest absolute Gasteiger partial charge is 0.338 e. The number of benzene rings is 2. The highest BCUT2D eigenvalue weighted by molar-refractivity contribution is 6.31. The van der Waals surface area contributed by atoms with Crippen LogP contribution in [0.5, 0.6) is 0 Å². The highest BCUT2D eigenvalue weighted by Gasteiger charge is 2.15. The van der Waals surface area contributed by atoms with Crippen molar-refractivity contribution in [2.75, 3.05) is 6.61 Å². The highest BCUT2D eigenvalue weighted by atomic mass is 35.5. The van der Waals surface area contributed by atoms with Crippen LogP contribution in [0.4, 0.5) is 0 Å². The molecule has 24 heavy (non-hydrogen) atoms. The number of hydrogen-bond donors (Lipinski definition) is 1. The van der Waals surface area contributed by atoms with Gasteiger partial charge in [-0.25, -0.2) is 4.79 Å². The third kappa shape index (κ3) is 4.59. The van der Waals surface area contributed by atoms with E-state index in [2.05, 4.69) is 5.32 Å². The Balaban J connectivity index is 1.91. The van der Waals surface area contributed by atoms with Crippen LogP contribution in [0.2, 0.25) is 5.02 Å². The van der Waals surface area contributed by atoms with Crippen molar-refractivity contribution < 1.29 is 14.3 Å². The topological polar surface area (TPSA) is 55.4 Å². The summed E-state index contributed by atoms with van der Waals surface area (Å²) in [6.07, 6.45) is 0. The van der Waals surface area contributed by atoms with E-state index in [9.17, 15) is 9.59 Å². The van der Waals surface area contributed by atoms with E-state index in [1.807, 2.05) is 51.1 Å². The molecule has 0 saturated carbocycles. The Morgan fingerprint density at radius 2 is 1.88 bits per heavy atom. The lowest BCUT2D eigenvalue weighted by Gasteiger charge is -2.16. The van der Waals surface area contributed by atoms with E-state index >= 15 is 0 Å². The van der Waals surface area contributed by atoms with Crippen molar-refractivity contribution in [3.63, 3.8) is 0 Å². The van der Waals surface area contributed by atoms with Crippen LogP contribution in [-0.4, -0.2) is 18.5 Å². The molecule has 0 aromatic heterocycles. The lowest BCUT2D eigenvalue weighted by Crippen LogP contribution is -2.31. The molecule has 0 unspecified atom stereocenters. The molecule has 126 valence electrons. The predicted molar refractivity (Wildman–Crippen MR) is 94.2 cm³/mol. The summed E-state index contributed by atoms with van der Waals surface area (Å²) >= 11 is 6.10. The van der Waals surface area contributed by atoms with Gasteiger partial charge in [0.05, 0.1) is 11.6 Å². The van der Waals surface area contributed by atoms with Gasteiger partial charge in [-0.05, 0) is 44.0 Å². The summed E-state index contributed by atoms with van der Waals surface area (Å²) in [6.45, 7) is 5.28. The monoisotopic (exact) mass is 345 g/mol. The number of rotatable bonds is 5. The summed E-state index contributed by atoms with van der Waals surface area (Å²) in [5, 5.41) is 3.35. The van der Waals surface area contributed by atoms with Gasteiger partial charge in [-0.1, -0.05) is 47.5 Å². The van der Waals surface area contributed by atoms with E-state index in [0.717, 1.165) is 16.7 Å². The van der Waals surface area contributed by atoms with Gasteiger partial charge in [-0.2, -0.15) is 0 Å². The van der Waals surface area contributed by atoms with Crippen molar-refractivity contribution in [1.29, 1.82) is 0 Å². The second-order valence-electron chi connectivity index (χ2n) is 5.71. The van der Waals surface area contributed by atoms with Crippen LogP contribution in [-0.2, 0) is 9.53 Å². The molecule has 2 aromatic rings. The van der Waals surface area contributed by atoms with Gasteiger partial charge in [0.15, 0.2) is 6.61 Å². The maximum Gasteiger partial charge on any atom is 0.338 e. The van der Waals surface area contributed by atoms with Crippen LogP contribution in [0.15, 0.2) is 42.5 Å². The van der Waals surface area contributed by atoms with Crippen LogP contribution in [0, 0.1) is 13.8 Å². The molecular weight excluding hydrogens is 326 g/mol. The number of halogens is 1. The Bertz CT molecular complexity index is 758. The quantitative estimate of drug-likeness (QED) is 0.833. The second kappa shape index (κ2) is 7.97. The van der Waals surface area contributed by atoms with E-state index in [1.165, 1.54) is 0 Å². The Kier molecular flexibility index (Phi) is 5.99. The standard InChI is InChI=1S/C19H20ClNO3/c1-12-8-9-15(13(2)10-12)19(23)24-11-18(22)21-14(3)16-6-4-5-7-17(16)20/h4-10,14H,11H2,1-3H3,(H,21,22)/t14-/m1/s1. The molecule has 0 aliphatic rings. The molecule has 2 aromatic carbocycles. The van der Waals surface area contributed by atoms with Crippen molar-refractivity contribution in [2.24, 2.45) is 0 Å². The zero-order valence-electron chi connectivity index (χ0n) is 13.9. The Morgan fingerprint density at radius 1 is 1.17 bits per heavy atom. The SMILES string of the molecule is Cc1ccc(C(=O)OCC(=O)N[C@H](C)c2ccccc2Cl)c(C)c1. The van der Waals surface area contributed by atoms with E-state index in [4.69, 9.17) is 16.3 Å². The fraction of sp³-hybridized carbons (Fsp3) is 0.263. The summed E-state index contributed by atoms with van der Waals surface area (Å²) in [5.74, 6) is -0.881. The number of carbonyl (C=O) groups is 2. The first-order valence-corrected chi connectivity index (χ1v) is 8.04. The van der Waals surface area contributed by atoms with Gasteiger partial charge in [0.1, 0.15) is 0 Å². The van der Waals surface area contributed by atoms with Crippen molar-refractivity contribution >= 4 is 23.5 Å². The van der Waals surface area contributed by atoms with Crippen molar-refractivity contribution in [3.8, 4) is 0 Å². The normalized spacial score (nSPS) is 11.7. The number of hydrogen-bond acceptors (Lipinski definition) is 3. The minimum atomic E-state index is -0.506. The predicted octanol–water partition coefficient (Wildman–Crippen LogP) is 3.99. The molecule has 0 radical (unpaired) electrons. The molecule has 0 heterocycles. The fourth-order valence-corrected chi connectivity index (χ4v) is 2.74. The zero-order chi connectivity index (χ0) is 17.7. The molecule has 0 bridgehead atoms. The molecule has 4 nitrogen and oxygen atoms in total. The van der Waals surface area contributed by atoms with Crippen molar-refractivity contribution in [2.45, 2.75) is 26.8 Å². The van der Waals surface area contributed by atoms with Gasteiger partial charge in [0, 0.05) is 5.02 Å². The minimum Gasteiger partial charge on any atom is -0.452 e. The molecule has 1 N–H and O–H groups in total. The maximum atomic E-state index is 12.1. The van der Waals surface area contributed by atoms with Crippen LogP contribution in [0.1, 0.15) is 40.0 Å².